The highest BCUT2D eigenvalue weighted by molar-refractivity contribution is 8.76. The zero-order chi connectivity index (χ0) is 31.8. The van der Waals surface area contributed by atoms with Crippen molar-refractivity contribution in [3.8, 4) is 23.0 Å². The number of hydrogen-bond donors (Lipinski definition) is 10. The molecule has 0 aliphatic heterocycles. The van der Waals surface area contributed by atoms with Crippen molar-refractivity contribution in [1.82, 2.24) is 21.3 Å². The number of aliphatic hydroxyl groups excluding tert-OH is 2. The summed E-state index contributed by atoms with van der Waals surface area (Å²) in [5.74, 6) is 1.43. The third kappa shape index (κ3) is 24.4. The Bertz CT molecular complexity index is 963. The molecule has 0 aliphatic rings. The lowest BCUT2D eigenvalue weighted by Gasteiger charge is -2.13. The Balaban J connectivity index is -0.00000506. The molecular formula is C32H58Cl4N4O6S2. The molecule has 0 saturated heterocycles. The molecule has 0 aliphatic carbocycles. The standard InChI is InChI=1S/C32H54N4O6S2.4ClH/c37-27-11-9-25(21-29(27)39)31(41)23-35-15-7-3-1-5-13-33-17-19-43-44-20-18-34-14-6-2-4-8-16-36-24-32(42)26-10-12-28(38)30(40)22-26;;;;/h9-12,21-22,31-42H,1-8,13-20,23-24H2;4*1H. The number of hydrogen-bond acceptors (Lipinski definition) is 12. The van der Waals surface area contributed by atoms with Gasteiger partial charge in [-0.1, -0.05) is 59.4 Å². The second-order valence-corrected chi connectivity index (χ2v) is 13.6. The first-order valence-corrected chi connectivity index (χ1v) is 18.3. The maximum Gasteiger partial charge on any atom is 0.157 e. The summed E-state index contributed by atoms with van der Waals surface area (Å²) in [4.78, 5) is 0. The Hall–Kier alpha value is -0.740. The minimum absolute atomic E-state index is 0. The Morgan fingerprint density at radius 1 is 0.438 bits per heavy atom. The third-order valence-corrected chi connectivity index (χ3v) is 9.57. The monoisotopic (exact) mass is 798 g/mol. The summed E-state index contributed by atoms with van der Waals surface area (Å²) in [5.41, 5.74) is 1.17. The van der Waals surface area contributed by atoms with Crippen LogP contribution in [0.5, 0.6) is 23.0 Å². The van der Waals surface area contributed by atoms with E-state index in [0.29, 0.717) is 24.2 Å². The molecule has 10 nitrogen and oxygen atoms in total. The van der Waals surface area contributed by atoms with Crippen LogP contribution in [0.3, 0.4) is 0 Å². The Kier molecular flexibility index (Phi) is 35.9. The minimum Gasteiger partial charge on any atom is -0.504 e. The van der Waals surface area contributed by atoms with Crippen LogP contribution in [-0.2, 0) is 0 Å². The number of aliphatic hydroxyl groups is 2. The van der Waals surface area contributed by atoms with Gasteiger partial charge in [0.1, 0.15) is 0 Å². The largest absolute Gasteiger partial charge is 0.504 e. The van der Waals surface area contributed by atoms with Gasteiger partial charge in [0.25, 0.3) is 0 Å². The summed E-state index contributed by atoms with van der Waals surface area (Å²) < 4.78 is 0. The van der Waals surface area contributed by atoms with Crippen LogP contribution in [-0.4, -0.2) is 94.5 Å². The van der Waals surface area contributed by atoms with Crippen molar-refractivity contribution >= 4 is 71.2 Å². The zero-order valence-electron chi connectivity index (χ0n) is 27.5. The van der Waals surface area contributed by atoms with Crippen LogP contribution in [0.25, 0.3) is 0 Å². The van der Waals surface area contributed by atoms with Gasteiger partial charge in [0.15, 0.2) is 23.0 Å². The molecule has 0 aromatic heterocycles. The van der Waals surface area contributed by atoms with Gasteiger partial charge >= 0.3 is 0 Å². The van der Waals surface area contributed by atoms with E-state index in [0.717, 1.165) is 76.5 Å². The van der Waals surface area contributed by atoms with E-state index in [9.17, 15) is 30.6 Å². The van der Waals surface area contributed by atoms with Crippen LogP contribution < -0.4 is 21.3 Å². The second-order valence-electron chi connectivity index (χ2n) is 10.9. The lowest BCUT2D eigenvalue weighted by molar-refractivity contribution is 0.174. The molecule has 10 N–H and O–H groups in total. The molecule has 282 valence electrons. The minimum atomic E-state index is -0.708. The smallest absolute Gasteiger partial charge is 0.157 e. The summed E-state index contributed by atoms with van der Waals surface area (Å²) in [5, 5.41) is 71.7. The van der Waals surface area contributed by atoms with Crippen molar-refractivity contribution in [2.24, 2.45) is 0 Å². The first-order chi connectivity index (χ1) is 21.4. The molecule has 2 rings (SSSR count). The van der Waals surface area contributed by atoms with Crippen molar-refractivity contribution in [3.05, 3.63) is 47.5 Å². The van der Waals surface area contributed by atoms with Gasteiger partial charge in [-0.25, -0.2) is 0 Å². The van der Waals surface area contributed by atoms with E-state index in [1.54, 1.807) is 12.1 Å². The van der Waals surface area contributed by atoms with E-state index in [-0.39, 0.29) is 72.6 Å². The molecular weight excluding hydrogens is 742 g/mol. The first kappa shape index (κ1) is 51.6. The van der Waals surface area contributed by atoms with Crippen molar-refractivity contribution in [2.45, 2.75) is 63.6 Å². The zero-order valence-corrected chi connectivity index (χ0v) is 32.4. The molecule has 48 heavy (non-hydrogen) atoms. The van der Waals surface area contributed by atoms with Gasteiger partial charge in [-0.3, -0.25) is 0 Å². The molecule has 0 radical (unpaired) electrons. The number of benzene rings is 2. The Morgan fingerprint density at radius 2 is 0.771 bits per heavy atom. The highest BCUT2D eigenvalue weighted by atomic mass is 35.5. The van der Waals surface area contributed by atoms with Crippen LogP contribution in [0, 0.1) is 0 Å². The highest BCUT2D eigenvalue weighted by Gasteiger charge is 2.10. The molecule has 2 atom stereocenters. The number of aromatic hydroxyl groups is 4. The van der Waals surface area contributed by atoms with Gasteiger partial charge in [0.05, 0.1) is 12.2 Å². The number of phenols is 4. The maximum absolute atomic E-state index is 10.2. The van der Waals surface area contributed by atoms with Gasteiger partial charge < -0.3 is 51.9 Å². The van der Waals surface area contributed by atoms with Crippen LogP contribution in [0.4, 0.5) is 0 Å². The van der Waals surface area contributed by atoms with Crippen LogP contribution in [0.1, 0.15) is 74.7 Å². The fraction of sp³-hybridized carbons (Fsp3) is 0.625. The van der Waals surface area contributed by atoms with Crippen molar-refractivity contribution in [2.75, 3.05) is 63.9 Å². The highest BCUT2D eigenvalue weighted by Crippen LogP contribution is 2.28. The lowest BCUT2D eigenvalue weighted by Crippen LogP contribution is -2.22. The molecule has 0 heterocycles. The van der Waals surface area contributed by atoms with Gasteiger partial charge in [0, 0.05) is 37.7 Å². The SMILES string of the molecule is Cl.Cl.Cl.Cl.Oc1ccc(C(O)CNCCCCCCNCCSSCCNCCCCCCNCC(O)c2ccc(O)c(O)c2)cc1O. The number of phenolic OH excluding ortho intramolecular Hbond substituents is 4. The van der Waals surface area contributed by atoms with Gasteiger partial charge in [-0.05, 0) is 87.3 Å². The lowest BCUT2D eigenvalue weighted by atomic mass is 10.1. The Labute approximate surface area is 319 Å². The molecule has 0 bridgehead atoms. The third-order valence-electron chi connectivity index (χ3n) is 7.17. The van der Waals surface area contributed by atoms with Gasteiger partial charge in [0.2, 0.25) is 0 Å². The van der Waals surface area contributed by atoms with E-state index < -0.39 is 12.2 Å². The first-order valence-electron chi connectivity index (χ1n) is 15.9. The van der Waals surface area contributed by atoms with E-state index in [1.165, 1.54) is 49.9 Å². The summed E-state index contributed by atoms with van der Waals surface area (Å²) in [6.07, 6.45) is 7.74. The average Bonchev–Trinajstić information content (AvgIpc) is 3.01. The Morgan fingerprint density at radius 3 is 1.10 bits per heavy atom. The van der Waals surface area contributed by atoms with E-state index in [4.69, 9.17) is 0 Å². The number of unbranched alkanes of at least 4 members (excludes halogenated alkanes) is 6. The number of nitrogens with one attached hydrogen (secondary N) is 4. The second kappa shape index (κ2) is 33.4. The van der Waals surface area contributed by atoms with Crippen LogP contribution >= 0.6 is 71.2 Å². The summed E-state index contributed by atoms with van der Waals surface area (Å²) in [6.45, 7) is 6.70. The molecule has 0 amide bonds. The molecule has 0 spiro atoms. The fourth-order valence-electron chi connectivity index (χ4n) is 4.51. The van der Waals surface area contributed by atoms with E-state index >= 15 is 0 Å². The molecule has 2 aromatic rings. The molecule has 2 aromatic carbocycles. The van der Waals surface area contributed by atoms with Crippen LogP contribution in [0.2, 0.25) is 0 Å². The fourth-order valence-corrected chi connectivity index (χ4v) is 6.41. The van der Waals surface area contributed by atoms with Crippen LogP contribution in [0.15, 0.2) is 36.4 Å². The predicted octanol–water partition coefficient (Wildman–Crippen LogP) is 5.82. The molecule has 0 fully saturated rings. The molecule has 16 heteroatoms. The van der Waals surface area contributed by atoms with Gasteiger partial charge in [-0.15, -0.1) is 49.6 Å². The van der Waals surface area contributed by atoms with Crippen molar-refractivity contribution in [3.63, 3.8) is 0 Å². The molecule has 0 saturated carbocycles. The summed E-state index contributed by atoms with van der Waals surface area (Å²) >= 11 is 0. The number of rotatable bonds is 27. The quantitative estimate of drug-likeness (QED) is 0.0299. The predicted molar refractivity (Wildman–Crippen MR) is 212 cm³/mol. The summed E-state index contributed by atoms with van der Waals surface area (Å²) in [6, 6.07) is 8.79. The van der Waals surface area contributed by atoms with Gasteiger partial charge in [-0.2, -0.15) is 0 Å². The van der Waals surface area contributed by atoms with E-state index in [2.05, 4.69) is 21.3 Å². The van der Waals surface area contributed by atoms with E-state index in [1.807, 2.05) is 21.6 Å². The topological polar surface area (TPSA) is 169 Å². The normalized spacial score (nSPS) is 11.8. The number of halogens is 4. The van der Waals surface area contributed by atoms with Crippen molar-refractivity contribution < 1.29 is 30.6 Å². The average molecular weight is 801 g/mol. The van der Waals surface area contributed by atoms with Crippen molar-refractivity contribution in [1.29, 1.82) is 0 Å². The molecule has 2 unspecified atom stereocenters. The maximum atomic E-state index is 10.2. The summed E-state index contributed by atoms with van der Waals surface area (Å²) in [7, 11) is 3.85.